The van der Waals surface area contributed by atoms with Gasteiger partial charge in [0.25, 0.3) is 0 Å². The van der Waals surface area contributed by atoms with Crippen molar-refractivity contribution in [3.8, 4) is 0 Å². The second kappa shape index (κ2) is 9.25. The monoisotopic (exact) mass is 521 g/mol. The third-order valence-corrected chi connectivity index (χ3v) is 7.47. The van der Waals surface area contributed by atoms with E-state index in [2.05, 4.69) is 0 Å². The molecule has 8 nitrogen and oxygen atoms in total. The highest BCUT2D eigenvalue weighted by Gasteiger charge is 2.74. The van der Waals surface area contributed by atoms with Crippen molar-refractivity contribution in [1.29, 1.82) is 0 Å². The Morgan fingerprint density at radius 1 is 0.872 bits per heavy atom. The molecule has 8 heteroatoms. The lowest BCUT2D eigenvalue weighted by Crippen LogP contribution is -2.51. The predicted octanol–water partition coefficient (Wildman–Crippen LogP) is 3.90. The van der Waals surface area contributed by atoms with Crippen molar-refractivity contribution in [1.82, 2.24) is 0 Å². The number of Topliss-reactive ketones (excluding diaryl/α,β-unsaturated/α-hetero) is 2. The van der Waals surface area contributed by atoms with Gasteiger partial charge < -0.3 is 9.47 Å². The van der Waals surface area contributed by atoms with Gasteiger partial charge in [-0.2, -0.15) is 0 Å². The van der Waals surface area contributed by atoms with Crippen LogP contribution in [0.1, 0.15) is 43.6 Å². The lowest BCUT2D eigenvalue weighted by molar-refractivity contribution is -0.126. The van der Waals surface area contributed by atoms with Gasteiger partial charge >= 0.3 is 5.97 Å². The average Bonchev–Trinajstić information content (AvgIpc) is 3.52. The number of rotatable bonds is 5. The Labute approximate surface area is 223 Å². The summed E-state index contributed by atoms with van der Waals surface area (Å²) in [6.45, 7) is 1.90. The maximum Gasteiger partial charge on any atom is 0.338 e. The number of amides is 2. The van der Waals surface area contributed by atoms with Crippen molar-refractivity contribution >= 4 is 41.1 Å². The maximum absolute atomic E-state index is 13.9. The molecule has 0 N–H and O–H groups in total. The van der Waals surface area contributed by atoms with E-state index in [0.717, 1.165) is 10.5 Å². The summed E-state index contributed by atoms with van der Waals surface area (Å²) in [6, 6.07) is 21.5. The fraction of sp³-hybridized carbons (Fsp3) is 0.194. The first-order chi connectivity index (χ1) is 18.9. The van der Waals surface area contributed by atoms with E-state index in [1.807, 2.05) is 30.3 Å². The molecule has 3 atom stereocenters. The highest BCUT2D eigenvalue weighted by Crippen LogP contribution is 2.53. The molecule has 2 heterocycles. The smallest absolute Gasteiger partial charge is 0.338 e. The summed E-state index contributed by atoms with van der Waals surface area (Å²) in [5.41, 5.74) is -0.470. The standard InChI is InChI=1S/C31H23NO7/c1-2-38-30(37)19-13-15-20(16-14-19)32-28(35)24-23(17-12-18-8-4-3-5-9-18)39-31(25(24)29(32)36)26(33)21-10-6-7-11-22(21)27(31)34/h3-17,23-25H,2H2,1H3/b17-12+/t23-,24-,25+/m1/s1. The number of ether oxygens (including phenoxy) is 2. The molecule has 0 aromatic heterocycles. The number of esters is 1. The molecule has 0 saturated carbocycles. The summed E-state index contributed by atoms with van der Waals surface area (Å²) in [4.78, 5) is 68.4. The van der Waals surface area contributed by atoms with Crippen molar-refractivity contribution in [2.45, 2.75) is 18.6 Å². The van der Waals surface area contributed by atoms with Gasteiger partial charge in [0, 0.05) is 11.1 Å². The van der Waals surface area contributed by atoms with Gasteiger partial charge in [0.1, 0.15) is 0 Å². The van der Waals surface area contributed by atoms with Crippen LogP contribution >= 0.6 is 0 Å². The fourth-order valence-electron chi connectivity index (χ4n) is 5.73. The minimum absolute atomic E-state index is 0.173. The van der Waals surface area contributed by atoms with E-state index in [0.29, 0.717) is 0 Å². The predicted molar refractivity (Wildman–Crippen MR) is 140 cm³/mol. The Hall–Kier alpha value is -4.69. The molecule has 2 fully saturated rings. The zero-order valence-corrected chi connectivity index (χ0v) is 20.9. The Morgan fingerprint density at radius 2 is 1.49 bits per heavy atom. The molecule has 1 spiro atoms. The number of carbonyl (C=O) groups excluding carboxylic acids is 5. The van der Waals surface area contributed by atoms with E-state index in [1.165, 1.54) is 36.4 Å². The molecule has 0 unspecified atom stereocenters. The van der Waals surface area contributed by atoms with E-state index in [1.54, 1.807) is 31.2 Å². The van der Waals surface area contributed by atoms with E-state index in [-0.39, 0.29) is 29.0 Å². The van der Waals surface area contributed by atoms with Crippen LogP contribution in [0.3, 0.4) is 0 Å². The number of carbonyl (C=O) groups is 5. The van der Waals surface area contributed by atoms with Gasteiger partial charge in [-0.15, -0.1) is 0 Å². The molecule has 0 bridgehead atoms. The zero-order valence-electron chi connectivity index (χ0n) is 20.9. The van der Waals surface area contributed by atoms with E-state index in [9.17, 15) is 24.0 Å². The van der Waals surface area contributed by atoms with E-state index in [4.69, 9.17) is 9.47 Å². The Morgan fingerprint density at radius 3 is 2.10 bits per heavy atom. The minimum atomic E-state index is -2.13. The van der Waals surface area contributed by atoms with Crippen LogP contribution in [0.25, 0.3) is 6.08 Å². The first kappa shape index (κ1) is 24.6. The van der Waals surface area contributed by atoms with Gasteiger partial charge in [-0.25, -0.2) is 9.69 Å². The number of hydrogen-bond acceptors (Lipinski definition) is 7. The second-order valence-corrected chi connectivity index (χ2v) is 9.57. The molecule has 194 valence electrons. The van der Waals surface area contributed by atoms with Crippen molar-refractivity contribution in [2.75, 3.05) is 11.5 Å². The van der Waals surface area contributed by atoms with Crippen molar-refractivity contribution < 1.29 is 33.4 Å². The number of ketones is 2. The van der Waals surface area contributed by atoms with Crippen LogP contribution in [-0.4, -0.2) is 47.7 Å². The summed E-state index contributed by atoms with van der Waals surface area (Å²) in [7, 11) is 0. The topological polar surface area (TPSA) is 107 Å². The van der Waals surface area contributed by atoms with Crippen molar-refractivity contribution in [3.63, 3.8) is 0 Å². The summed E-state index contributed by atoms with van der Waals surface area (Å²) < 4.78 is 11.2. The molecule has 3 aromatic carbocycles. The number of benzene rings is 3. The Kier molecular flexibility index (Phi) is 5.84. The number of nitrogens with zero attached hydrogens (tertiary/aromatic N) is 1. The summed E-state index contributed by atoms with van der Waals surface area (Å²) >= 11 is 0. The van der Waals surface area contributed by atoms with Crippen LogP contribution in [0.2, 0.25) is 0 Å². The number of anilines is 1. The molecule has 39 heavy (non-hydrogen) atoms. The third-order valence-electron chi connectivity index (χ3n) is 7.47. The van der Waals surface area contributed by atoms with Gasteiger partial charge in [-0.05, 0) is 36.8 Å². The molecule has 2 amide bonds. The van der Waals surface area contributed by atoms with Gasteiger partial charge in [0.05, 0.1) is 35.8 Å². The van der Waals surface area contributed by atoms with Crippen LogP contribution in [-0.2, 0) is 19.1 Å². The van der Waals surface area contributed by atoms with E-state index >= 15 is 0 Å². The van der Waals surface area contributed by atoms with Crippen LogP contribution in [0, 0.1) is 11.8 Å². The Bertz CT molecular complexity index is 1520. The highest BCUT2D eigenvalue weighted by atomic mass is 16.5. The van der Waals surface area contributed by atoms with Gasteiger partial charge in [-0.3, -0.25) is 19.2 Å². The largest absolute Gasteiger partial charge is 0.462 e. The van der Waals surface area contributed by atoms with Crippen molar-refractivity contribution in [2.24, 2.45) is 11.8 Å². The average molecular weight is 522 g/mol. The number of fused-ring (bicyclic) bond motifs is 3. The number of hydrogen-bond donors (Lipinski definition) is 0. The molecule has 6 rings (SSSR count). The molecular formula is C31H23NO7. The lowest BCUT2D eigenvalue weighted by atomic mass is 9.78. The summed E-state index contributed by atoms with van der Waals surface area (Å²) in [6.07, 6.45) is 2.37. The molecule has 2 aliphatic heterocycles. The SMILES string of the molecule is CCOC(=O)c1ccc(N2C(=O)[C@H]3[C@@H](C2=O)C2(O[C@@H]3/C=C/c3ccccc3)C(=O)c3ccccc3C2=O)cc1. The molecule has 2 saturated heterocycles. The van der Waals surface area contributed by atoms with E-state index < -0.39 is 52.9 Å². The third kappa shape index (κ3) is 3.59. The molecule has 0 radical (unpaired) electrons. The molecule has 3 aromatic rings. The van der Waals surface area contributed by atoms with Crippen LogP contribution in [0.15, 0.2) is 84.9 Å². The second-order valence-electron chi connectivity index (χ2n) is 9.57. The first-order valence-electron chi connectivity index (χ1n) is 12.6. The summed E-state index contributed by atoms with van der Waals surface area (Å²) in [5.74, 6) is -5.47. The minimum Gasteiger partial charge on any atom is -0.462 e. The van der Waals surface area contributed by atoms with Crippen LogP contribution in [0.4, 0.5) is 5.69 Å². The normalized spacial score (nSPS) is 23.1. The van der Waals surface area contributed by atoms with Crippen LogP contribution < -0.4 is 4.90 Å². The zero-order chi connectivity index (χ0) is 27.3. The maximum atomic E-state index is 13.9. The van der Waals surface area contributed by atoms with Crippen molar-refractivity contribution in [3.05, 3.63) is 107 Å². The lowest BCUT2D eigenvalue weighted by Gasteiger charge is -2.26. The number of imide groups is 1. The van der Waals surface area contributed by atoms with Gasteiger partial charge in [-0.1, -0.05) is 66.7 Å². The Balaban J connectivity index is 1.42. The quantitative estimate of drug-likeness (QED) is 0.285. The highest BCUT2D eigenvalue weighted by molar-refractivity contribution is 6.37. The van der Waals surface area contributed by atoms with Gasteiger partial charge in [0.2, 0.25) is 29.0 Å². The van der Waals surface area contributed by atoms with Gasteiger partial charge in [0.15, 0.2) is 0 Å². The fourth-order valence-corrected chi connectivity index (χ4v) is 5.73. The molecule has 3 aliphatic rings. The first-order valence-corrected chi connectivity index (χ1v) is 12.6. The summed E-state index contributed by atoms with van der Waals surface area (Å²) in [5, 5.41) is 0. The van der Waals surface area contributed by atoms with Crippen LogP contribution in [0.5, 0.6) is 0 Å². The molecular weight excluding hydrogens is 498 g/mol. The molecule has 1 aliphatic carbocycles.